The van der Waals surface area contributed by atoms with Gasteiger partial charge in [0.15, 0.2) is 6.10 Å². The third-order valence-electron chi connectivity index (χ3n) is 8.63. The first-order chi connectivity index (χ1) is 24.3. The predicted molar refractivity (Wildman–Crippen MR) is 207 cm³/mol. The van der Waals surface area contributed by atoms with Gasteiger partial charge in [-0.25, -0.2) is 4.57 Å². The minimum absolute atomic E-state index is 0.200. The molecular weight excluding hydrogens is 651 g/mol. The third-order valence-corrected chi connectivity index (χ3v) is 9.12. The van der Waals surface area contributed by atoms with Gasteiger partial charge in [-0.05, 0) is 70.6 Å². The molecule has 0 amide bonds. The highest BCUT2D eigenvalue weighted by Crippen LogP contribution is 2.36. The van der Waals surface area contributed by atoms with Gasteiger partial charge in [0.05, 0.1) is 6.61 Å². The number of hydrogen-bond acceptors (Lipinski definition) is 6. The van der Waals surface area contributed by atoms with Gasteiger partial charge in [-0.1, -0.05) is 147 Å². The number of allylic oxidation sites excluding steroid dienone is 6. The van der Waals surface area contributed by atoms with Gasteiger partial charge in [-0.15, -0.1) is 0 Å². The Morgan fingerprint density at radius 1 is 0.520 bits per heavy atom. The smallest absolute Gasteiger partial charge is 0.462 e. The van der Waals surface area contributed by atoms with Crippen LogP contribution in [0, 0.1) is 0 Å². The number of rotatable bonds is 37. The lowest BCUT2D eigenvalue weighted by Gasteiger charge is -2.18. The lowest BCUT2D eigenvalue weighted by Crippen LogP contribution is -2.29. The van der Waals surface area contributed by atoms with E-state index in [1.807, 2.05) is 0 Å². The first kappa shape index (κ1) is 48.3. The predicted octanol–water partition coefficient (Wildman–Crippen LogP) is 12.2. The zero-order valence-corrected chi connectivity index (χ0v) is 32.9. The van der Waals surface area contributed by atoms with E-state index in [9.17, 15) is 14.2 Å². The SMILES string of the molecule is CCCCC/C=C/C/C=C/CCCCCCCCCC(=O)O[C@H](COC(=O)CCCCC/C=C/CCCCCCCCCC)COP(=O)(O)O. The molecule has 9 heteroatoms. The molecule has 0 aromatic carbocycles. The van der Waals surface area contributed by atoms with E-state index in [0.29, 0.717) is 12.8 Å². The van der Waals surface area contributed by atoms with E-state index in [-0.39, 0.29) is 19.4 Å². The molecule has 0 aliphatic heterocycles. The van der Waals surface area contributed by atoms with Crippen LogP contribution < -0.4 is 0 Å². The molecule has 0 bridgehead atoms. The standard InChI is InChI=1S/C41H75O8P/c1-3-5-7-9-11-13-15-17-19-20-22-24-26-28-30-32-34-36-41(43)49-39(38-48-50(44,45)46)37-47-40(42)35-33-31-29-27-25-23-21-18-16-14-12-10-8-6-4-2/h11,13,17,19,23,25,39H,3-10,12,14-16,18,20-22,24,26-38H2,1-2H3,(H2,44,45,46)/b13-11+,19-17+,25-23+/t39-/m1/s1. The molecule has 2 N–H and O–H groups in total. The summed E-state index contributed by atoms with van der Waals surface area (Å²) in [6, 6.07) is 0. The van der Waals surface area contributed by atoms with E-state index in [2.05, 4.69) is 54.8 Å². The summed E-state index contributed by atoms with van der Waals surface area (Å²) in [4.78, 5) is 42.8. The number of carbonyl (C=O) groups is 2. The fraction of sp³-hybridized carbons (Fsp3) is 0.805. The maximum Gasteiger partial charge on any atom is 0.469 e. The summed E-state index contributed by atoms with van der Waals surface area (Å²) in [7, 11) is -4.76. The molecule has 1 atom stereocenters. The van der Waals surface area contributed by atoms with Crippen LogP contribution >= 0.6 is 7.82 Å². The number of ether oxygens (including phenoxy) is 2. The molecule has 0 aliphatic carbocycles. The Kier molecular flexibility index (Phi) is 35.8. The first-order valence-electron chi connectivity index (χ1n) is 20.3. The molecular formula is C41H75O8P. The molecule has 0 spiro atoms. The van der Waals surface area contributed by atoms with Crippen molar-refractivity contribution >= 4 is 19.8 Å². The molecule has 0 aromatic rings. The van der Waals surface area contributed by atoms with Gasteiger partial charge < -0.3 is 19.3 Å². The second-order valence-corrected chi connectivity index (χ2v) is 14.8. The highest BCUT2D eigenvalue weighted by atomic mass is 31.2. The third kappa shape index (κ3) is 39.1. The largest absolute Gasteiger partial charge is 0.469 e. The average Bonchev–Trinajstić information content (AvgIpc) is 3.08. The second-order valence-electron chi connectivity index (χ2n) is 13.6. The van der Waals surface area contributed by atoms with Crippen LogP contribution in [0.15, 0.2) is 36.5 Å². The maximum absolute atomic E-state index is 12.4. The number of phosphoric ester groups is 1. The van der Waals surface area contributed by atoms with Crippen LogP contribution in [0.2, 0.25) is 0 Å². The topological polar surface area (TPSA) is 119 Å². The van der Waals surface area contributed by atoms with Crippen molar-refractivity contribution in [3.05, 3.63) is 36.5 Å². The van der Waals surface area contributed by atoms with Crippen molar-refractivity contribution in [2.75, 3.05) is 13.2 Å². The fourth-order valence-corrected chi connectivity index (χ4v) is 5.93. The molecule has 8 nitrogen and oxygen atoms in total. The van der Waals surface area contributed by atoms with Crippen molar-refractivity contribution in [3.63, 3.8) is 0 Å². The molecule has 50 heavy (non-hydrogen) atoms. The minimum atomic E-state index is -4.76. The van der Waals surface area contributed by atoms with Crippen molar-refractivity contribution in [1.82, 2.24) is 0 Å². The zero-order chi connectivity index (χ0) is 36.8. The fourth-order valence-electron chi connectivity index (χ4n) is 5.57. The van der Waals surface area contributed by atoms with Crippen LogP contribution in [0.25, 0.3) is 0 Å². The quantitative estimate of drug-likeness (QED) is 0.0281. The molecule has 0 heterocycles. The molecule has 292 valence electrons. The van der Waals surface area contributed by atoms with Gasteiger partial charge in [-0.3, -0.25) is 14.1 Å². The zero-order valence-electron chi connectivity index (χ0n) is 32.0. The minimum Gasteiger partial charge on any atom is -0.462 e. The van der Waals surface area contributed by atoms with E-state index in [0.717, 1.165) is 57.8 Å². The van der Waals surface area contributed by atoms with E-state index in [4.69, 9.17) is 19.3 Å². The first-order valence-corrected chi connectivity index (χ1v) is 21.8. The van der Waals surface area contributed by atoms with Crippen LogP contribution in [-0.4, -0.2) is 41.0 Å². The van der Waals surface area contributed by atoms with E-state index in [1.54, 1.807) is 0 Å². The average molecular weight is 727 g/mol. The van der Waals surface area contributed by atoms with Crippen molar-refractivity contribution in [1.29, 1.82) is 0 Å². The van der Waals surface area contributed by atoms with Gasteiger partial charge >= 0.3 is 19.8 Å². The van der Waals surface area contributed by atoms with Gasteiger partial charge in [0.1, 0.15) is 6.61 Å². The summed E-state index contributed by atoms with van der Waals surface area (Å²) >= 11 is 0. The van der Waals surface area contributed by atoms with Gasteiger partial charge in [0, 0.05) is 12.8 Å². The molecule has 0 radical (unpaired) electrons. The Hall–Kier alpha value is -1.73. The monoisotopic (exact) mass is 727 g/mol. The van der Waals surface area contributed by atoms with Crippen LogP contribution in [-0.2, 0) is 28.2 Å². The van der Waals surface area contributed by atoms with Crippen molar-refractivity contribution < 1.29 is 37.9 Å². The van der Waals surface area contributed by atoms with E-state index < -0.39 is 32.5 Å². The van der Waals surface area contributed by atoms with Crippen LogP contribution in [0.1, 0.15) is 194 Å². The molecule has 0 saturated heterocycles. The van der Waals surface area contributed by atoms with Crippen LogP contribution in [0.5, 0.6) is 0 Å². The summed E-state index contributed by atoms with van der Waals surface area (Å²) in [5.74, 6) is -0.910. The van der Waals surface area contributed by atoms with Crippen LogP contribution in [0.3, 0.4) is 0 Å². The summed E-state index contributed by atoms with van der Waals surface area (Å²) < 4.78 is 26.3. The summed E-state index contributed by atoms with van der Waals surface area (Å²) in [6.07, 6.45) is 42.9. The lowest BCUT2D eigenvalue weighted by molar-refractivity contribution is -0.161. The molecule has 0 unspecified atom stereocenters. The summed E-state index contributed by atoms with van der Waals surface area (Å²) in [5, 5.41) is 0. The van der Waals surface area contributed by atoms with Gasteiger partial charge in [0.25, 0.3) is 0 Å². The Morgan fingerprint density at radius 3 is 1.40 bits per heavy atom. The Bertz CT molecular complexity index is 910. The molecule has 0 aromatic heterocycles. The number of esters is 2. The summed E-state index contributed by atoms with van der Waals surface area (Å²) in [5.41, 5.74) is 0. The van der Waals surface area contributed by atoms with E-state index in [1.165, 1.54) is 96.3 Å². The number of hydrogen-bond donors (Lipinski definition) is 2. The lowest BCUT2D eigenvalue weighted by atomic mass is 10.1. The van der Waals surface area contributed by atoms with Crippen molar-refractivity contribution in [2.24, 2.45) is 0 Å². The van der Waals surface area contributed by atoms with Gasteiger partial charge in [-0.2, -0.15) is 0 Å². The molecule has 0 aliphatic rings. The molecule has 0 fully saturated rings. The van der Waals surface area contributed by atoms with E-state index >= 15 is 0 Å². The number of carbonyl (C=O) groups excluding carboxylic acids is 2. The Morgan fingerprint density at radius 2 is 0.900 bits per heavy atom. The highest BCUT2D eigenvalue weighted by molar-refractivity contribution is 7.46. The number of phosphoric acid groups is 1. The normalized spacial score (nSPS) is 12.8. The summed E-state index contributed by atoms with van der Waals surface area (Å²) in [6.45, 7) is 3.64. The van der Waals surface area contributed by atoms with Gasteiger partial charge in [0.2, 0.25) is 0 Å². The molecule has 0 saturated carbocycles. The Labute approximate surface area is 306 Å². The number of unbranched alkanes of at least 4 members (excludes halogenated alkanes) is 21. The Balaban J connectivity index is 3.97. The molecule has 0 rings (SSSR count). The van der Waals surface area contributed by atoms with Crippen LogP contribution in [0.4, 0.5) is 0 Å². The highest BCUT2D eigenvalue weighted by Gasteiger charge is 2.22. The second kappa shape index (κ2) is 37.0. The maximum atomic E-state index is 12.4. The van der Waals surface area contributed by atoms with Crippen molar-refractivity contribution in [2.45, 2.75) is 200 Å². The van der Waals surface area contributed by atoms with Crippen molar-refractivity contribution in [3.8, 4) is 0 Å².